The van der Waals surface area contributed by atoms with Gasteiger partial charge in [0.2, 0.25) is 5.91 Å². The Kier molecular flexibility index (Phi) is 4.91. The molecule has 0 unspecified atom stereocenters. The second kappa shape index (κ2) is 7.21. The zero-order chi connectivity index (χ0) is 19.0. The number of hydrogen-bond acceptors (Lipinski definition) is 4. The zero-order valence-corrected chi connectivity index (χ0v) is 16.3. The predicted octanol–water partition coefficient (Wildman–Crippen LogP) is 2.33. The number of hydrogen-bond donors (Lipinski definition) is 1. The number of likely N-dealkylation sites (tertiary alicyclic amines) is 2. The lowest BCUT2D eigenvalue weighted by Gasteiger charge is -2.39. The highest BCUT2D eigenvalue weighted by molar-refractivity contribution is 5.83. The van der Waals surface area contributed by atoms with Crippen molar-refractivity contribution in [2.75, 3.05) is 33.2 Å². The molecule has 4 rings (SSSR count). The van der Waals surface area contributed by atoms with E-state index in [0.29, 0.717) is 13.1 Å². The van der Waals surface area contributed by atoms with Crippen LogP contribution in [0.2, 0.25) is 0 Å². The first-order chi connectivity index (χ1) is 13.0. The third kappa shape index (κ3) is 3.58. The Hall–Kier alpha value is -1.98. The number of para-hydroxylation sites is 1. The van der Waals surface area contributed by atoms with Gasteiger partial charge in [-0.25, -0.2) is 0 Å². The summed E-state index contributed by atoms with van der Waals surface area (Å²) in [6.45, 7) is 5.12. The topological polar surface area (TPSA) is 56.7 Å². The summed E-state index contributed by atoms with van der Waals surface area (Å²) < 4.78 is 0. The first-order valence-electron chi connectivity index (χ1n) is 9.95. The summed E-state index contributed by atoms with van der Waals surface area (Å²) in [6.07, 6.45) is 3.94. The molecule has 0 saturated carbocycles. The summed E-state index contributed by atoms with van der Waals surface area (Å²) in [6, 6.07) is 10.2. The molecule has 2 saturated heterocycles. The second-order valence-electron chi connectivity index (χ2n) is 8.59. The van der Waals surface area contributed by atoms with E-state index in [4.69, 9.17) is 0 Å². The van der Waals surface area contributed by atoms with Crippen molar-refractivity contribution in [2.45, 2.75) is 32.3 Å². The fourth-order valence-corrected chi connectivity index (χ4v) is 4.54. The number of carbonyl (C=O) groups is 1. The first-order valence-corrected chi connectivity index (χ1v) is 9.95. The highest BCUT2D eigenvalue weighted by Gasteiger charge is 2.43. The summed E-state index contributed by atoms with van der Waals surface area (Å²) in [5, 5.41) is 11.8. The van der Waals surface area contributed by atoms with Gasteiger partial charge in [-0.1, -0.05) is 25.1 Å². The lowest BCUT2D eigenvalue weighted by molar-refractivity contribution is -0.143. The SMILES string of the molecule is CN1CCC(C)(C(=O)N2C[C@@H](Cc3ccnc4ccccc34)[C@H](O)C2)CC1. The molecule has 0 aliphatic carbocycles. The van der Waals surface area contributed by atoms with E-state index in [1.54, 1.807) is 0 Å². The molecule has 1 aromatic carbocycles. The molecule has 1 aromatic heterocycles. The maximum atomic E-state index is 13.2. The van der Waals surface area contributed by atoms with Crippen LogP contribution in [0.4, 0.5) is 0 Å². The molecule has 0 spiro atoms. The van der Waals surface area contributed by atoms with Gasteiger partial charge < -0.3 is 14.9 Å². The van der Waals surface area contributed by atoms with E-state index in [1.807, 2.05) is 35.4 Å². The molecule has 2 aromatic rings. The standard InChI is InChI=1S/C22H29N3O2/c1-22(8-11-24(2)12-9-22)21(27)25-14-17(20(26)15-25)13-16-7-10-23-19-6-4-3-5-18(16)19/h3-7,10,17,20,26H,8-9,11-15H2,1-2H3/t17-,20-/m1/s1. The van der Waals surface area contributed by atoms with Gasteiger partial charge in [0.15, 0.2) is 0 Å². The number of benzene rings is 1. The number of carbonyl (C=O) groups excluding carboxylic acids is 1. The van der Waals surface area contributed by atoms with Crippen LogP contribution >= 0.6 is 0 Å². The smallest absolute Gasteiger partial charge is 0.228 e. The Bertz CT molecular complexity index is 824. The molecule has 2 aliphatic rings. The van der Waals surface area contributed by atoms with E-state index in [0.717, 1.165) is 43.3 Å². The van der Waals surface area contributed by atoms with Crippen LogP contribution < -0.4 is 0 Å². The van der Waals surface area contributed by atoms with Crippen LogP contribution in [0.15, 0.2) is 36.5 Å². The molecule has 144 valence electrons. The van der Waals surface area contributed by atoms with Gasteiger partial charge in [-0.2, -0.15) is 0 Å². The van der Waals surface area contributed by atoms with Crippen LogP contribution in [0.1, 0.15) is 25.3 Å². The van der Waals surface area contributed by atoms with Crippen molar-refractivity contribution in [2.24, 2.45) is 11.3 Å². The number of fused-ring (bicyclic) bond motifs is 1. The van der Waals surface area contributed by atoms with Gasteiger partial charge in [0.1, 0.15) is 0 Å². The number of pyridine rings is 1. The number of nitrogens with zero attached hydrogens (tertiary/aromatic N) is 3. The average Bonchev–Trinajstić information content (AvgIpc) is 3.04. The number of amides is 1. The first kappa shape index (κ1) is 18.4. The van der Waals surface area contributed by atoms with Gasteiger partial charge in [-0.15, -0.1) is 0 Å². The van der Waals surface area contributed by atoms with Gasteiger partial charge >= 0.3 is 0 Å². The minimum atomic E-state index is -0.462. The molecule has 0 bridgehead atoms. The fraction of sp³-hybridized carbons (Fsp3) is 0.545. The normalized spacial score (nSPS) is 25.8. The maximum Gasteiger partial charge on any atom is 0.228 e. The Labute approximate surface area is 161 Å². The minimum Gasteiger partial charge on any atom is -0.391 e. The monoisotopic (exact) mass is 367 g/mol. The molecule has 2 aliphatic heterocycles. The van der Waals surface area contributed by atoms with E-state index >= 15 is 0 Å². The molecule has 2 atom stereocenters. The van der Waals surface area contributed by atoms with Gasteiger partial charge in [0.25, 0.3) is 0 Å². The Morgan fingerprint density at radius 3 is 2.74 bits per heavy atom. The highest BCUT2D eigenvalue weighted by atomic mass is 16.3. The lowest BCUT2D eigenvalue weighted by atomic mass is 9.79. The summed E-state index contributed by atoms with van der Waals surface area (Å²) in [5.41, 5.74) is 1.89. The quantitative estimate of drug-likeness (QED) is 0.905. The number of aliphatic hydroxyl groups excluding tert-OH is 1. The lowest BCUT2D eigenvalue weighted by Crippen LogP contribution is -2.47. The van der Waals surface area contributed by atoms with E-state index in [9.17, 15) is 9.90 Å². The van der Waals surface area contributed by atoms with Crippen LogP contribution in [0, 0.1) is 11.3 Å². The molecular weight excluding hydrogens is 338 g/mol. The Balaban J connectivity index is 1.47. The van der Waals surface area contributed by atoms with Gasteiger partial charge in [-0.3, -0.25) is 9.78 Å². The second-order valence-corrected chi connectivity index (χ2v) is 8.59. The largest absolute Gasteiger partial charge is 0.391 e. The summed E-state index contributed by atoms with van der Waals surface area (Å²) in [7, 11) is 2.11. The van der Waals surface area contributed by atoms with Crippen LogP contribution in [0.5, 0.6) is 0 Å². The molecular formula is C22H29N3O2. The zero-order valence-electron chi connectivity index (χ0n) is 16.3. The maximum absolute atomic E-state index is 13.2. The molecule has 2 fully saturated rings. The molecule has 1 amide bonds. The van der Waals surface area contributed by atoms with E-state index < -0.39 is 6.10 Å². The van der Waals surface area contributed by atoms with Crippen molar-refractivity contribution in [3.63, 3.8) is 0 Å². The number of aliphatic hydroxyl groups is 1. The summed E-state index contributed by atoms with van der Waals surface area (Å²) in [4.78, 5) is 21.8. The van der Waals surface area contributed by atoms with Crippen LogP contribution in [0.3, 0.4) is 0 Å². The molecule has 3 heterocycles. The van der Waals surface area contributed by atoms with E-state index in [1.165, 1.54) is 5.56 Å². The Morgan fingerprint density at radius 1 is 1.22 bits per heavy atom. The number of aromatic nitrogens is 1. The van der Waals surface area contributed by atoms with Crippen molar-refractivity contribution in [3.8, 4) is 0 Å². The van der Waals surface area contributed by atoms with E-state index in [-0.39, 0.29) is 17.2 Å². The molecule has 5 nitrogen and oxygen atoms in total. The van der Waals surface area contributed by atoms with Crippen molar-refractivity contribution in [3.05, 3.63) is 42.1 Å². The predicted molar refractivity (Wildman–Crippen MR) is 106 cm³/mol. The third-order valence-corrected chi connectivity index (χ3v) is 6.52. The highest BCUT2D eigenvalue weighted by Crippen LogP contribution is 2.35. The van der Waals surface area contributed by atoms with Crippen LogP contribution in [-0.4, -0.2) is 65.1 Å². The average molecular weight is 367 g/mol. The number of β-amino-alcohol motifs (C(OH)–C–C–N with tert-alkyl or cyclic N) is 1. The van der Waals surface area contributed by atoms with E-state index in [2.05, 4.69) is 29.9 Å². The van der Waals surface area contributed by atoms with Gasteiger partial charge in [-0.05, 0) is 57.1 Å². The number of rotatable bonds is 3. The number of piperidine rings is 1. The van der Waals surface area contributed by atoms with Crippen molar-refractivity contribution in [1.82, 2.24) is 14.8 Å². The fourth-order valence-electron chi connectivity index (χ4n) is 4.54. The molecule has 0 radical (unpaired) electrons. The van der Waals surface area contributed by atoms with Crippen LogP contribution in [0.25, 0.3) is 10.9 Å². The molecule has 27 heavy (non-hydrogen) atoms. The van der Waals surface area contributed by atoms with Crippen molar-refractivity contribution in [1.29, 1.82) is 0 Å². The van der Waals surface area contributed by atoms with Gasteiger partial charge in [0.05, 0.1) is 11.6 Å². The summed E-state index contributed by atoms with van der Waals surface area (Å²) >= 11 is 0. The third-order valence-electron chi connectivity index (χ3n) is 6.52. The molecule has 5 heteroatoms. The van der Waals surface area contributed by atoms with Gasteiger partial charge in [0, 0.05) is 36.0 Å². The van der Waals surface area contributed by atoms with Crippen molar-refractivity contribution >= 4 is 16.8 Å². The minimum absolute atomic E-state index is 0.0784. The summed E-state index contributed by atoms with van der Waals surface area (Å²) in [5.74, 6) is 0.298. The Morgan fingerprint density at radius 2 is 1.96 bits per heavy atom. The molecule has 1 N–H and O–H groups in total. The van der Waals surface area contributed by atoms with Crippen LogP contribution in [-0.2, 0) is 11.2 Å². The van der Waals surface area contributed by atoms with Crippen molar-refractivity contribution < 1.29 is 9.90 Å².